The van der Waals surface area contributed by atoms with Crippen LogP contribution >= 0.6 is 11.8 Å². The number of aryl methyl sites for hydroxylation is 1. The highest BCUT2D eigenvalue weighted by molar-refractivity contribution is 7.99. The normalized spacial score (nSPS) is 14.3. The predicted molar refractivity (Wildman–Crippen MR) is 106 cm³/mol. The lowest BCUT2D eigenvalue weighted by molar-refractivity contribution is -0.129. The van der Waals surface area contributed by atoms with Gasteiger partial charge in [-0.2, -0.15) is 0 Å². The zero-order valence-electron chi connectivity index (χ0n) is 15.1. The SMILES string of the molecule is Cc1ccc(CSCC(=O)N2CCN(C(=O)c3ccccc3)CC2)cc1. The fourth-order valence-corrected chi connectivity index (χ4v) is 3.84. The van der Waals surface area contributed by atoms with E-state index in [9.17, 15) is 9.59 Å². The zero-order valence-corrected chi connectivity index (χ0v) is 15.9. The first-order valence-electron chi connectivity index (χ1n) is 8.89. The maximum atomic E-state index is 12.4. The second-order valence-electron chi connectivity index (χ2n) is 6.52. The molecule has 4 nitrogen and oxygen atoms in total. The zero-order chi connectivity index (χ0) is 18.4. The highest BCUT2D eigenvalue weighted by atomic mass is 32.2. The third kappa shape index (κ3) is 4.88. The second kappa shape index (κ2) is 8.90. The Labute approximate surface area is 159 Å². The Kier molecular flexibility index (Phi) is 6.34. The molecule has 0 radical (unpaired) electrons. The quantitative estimate of drug-likeness (QED) is 0.814. The van der Waals surface area contributed by atoms with E-state index in [0.717, 1.165) is 5.75 Å². The van der Waals surface area contributed by atoms with Crippen LogP contribution < -0.4 is 0 Å². The molecule has 0 saturated carbocycles. The summed E-state index contributed by atoms with van der Waals surface area (Å²) in [6.45, 7) is 4.50. The van der Waals surface area contributed by atoms with Crippen molar-refractivity contribution in [2.24, 2.45) is 0 Å². The van der Waals surface area contributed by atoms with Gasteiger partial charge in [0.2, 0.25) is 5.91 Å². The van der Waals surface area contributed by atoms with Gasteiger partial charge in [-0.25, -0.2) is 0 Å². The molecule has 2 aromatic carbocycles. The summed E-state index contributed by atoms with van der Waals surface area (Å²) in [4.78, 5) is 28.5. The minimum absolute atomic E-state index is 0.0476. The van der Waals surface area contributed by atoms with Crippen LogP contribution in [-0.2, 0) is 10.5 Å². The Balaban J connectivity index is 1.42. The summed E-state index contributed by atoms with van der Waals surface area (Å²) in [6, 6.07) is 17.7. The highest BCUT2D eigenvalue weighted by Crippen LogP contribution is 2.15. The molecule has 0 aromatic heterocycles. The molecular weight excluding hydrogens is 344 g/mol. The van der Waals surface area contributed by atoms with Crippen LogP contribution in [0.2, 0.25) is 0 Å². The van der Waals surface area contributed by atoms with E-state index >= 15 is 0 Å². The van der Waals surface area contributed by atoms with Crippen molar-refractivity contribution in [2.45, 2.75) is 12.7 Å². The van der Waals surface area contributed by atoms with Crippen LogP contribution in [0.4, 0.5) is 0 Å². The Bertz CT molecular complexity index is 738. The van der Waals surface area contributed by atoms with Gasteiger partial charge in [-0.05, 0) is 24.6 Å². The van der Waals surface area contributed by atoms with Gasteiger partial charge in [-0.15, -0.1) is 11.8 Å². The number of piperazine rings is 1. The molecule has 0 bridgehead atoms. The number of hydrogen-bond acceptors (Lipinski definition) is 3. The van der Waals surface area contributed by atoms with Crippen molar-refractivity contribution >= 4 is 23.6 Å². The molecule has 1 fully saturated rings. The number of nitrogens with zero attached hydrogens (tertiary/aromatic N) is 2. The number of hydrogen-bond donors (Lipinski definition) is 0. The molecule has 3 rings (SSSR count). The van der Waals surface area contributed by atoms with E-state index in [1.54, 1.807) is 11.8 Å². The van der Waals surface area contributed by atoms with E-state index in [-0.39, 0.29) is 11.8 Å². The molecule has 1 aliphatic rings. The first-order chi connectivity index (χ1) is 12.6. The largest absolute Gasteiger partial charge is 0.338 e. The Hall–Kier alpha value is -2.27. The van der Waals surface area contributed by atoms with Crippen LogP contribution in [0.15, 0.2) is 54.6 Å². The van der Waals surface area contributed by atoms with E-state index in [0.29, 0.717) is 37.5 Å². The van der Waals surface area contributed by atoms with Crippen molar-refractivity contribution in [3.63, 3.8) is 0 Å². The summed E-state index contributed by atoms with van der Waals surface area (Å²) < 4.78 is 0. The lowest BCUT2D eigenvalue weighted by atomic mass is 10.2. The first kappa shape index (κ1) is 18.5. The number of carbonyl (C=O) groups excluding carboxylic acids is 2. The van der Waals surface area contributed by atoms with E-state index in [1.807, 2.05) is 40.1 Å². The summed E-state index contributed by atoms with van der Waals surface area (Å²) in [6.07, 6.45) is 0. The van der Waals surface area contributed by atoms with Gasteiger partial charge in [0.05, 0.1) is 5.75 Å². The van der Waals surface area contributed by atoms with E-state index in [4.69, 9.17) is 0 Å². The van der Waals surface area contributed by atoms with Crippen molar-refractivity contribution in [3.05, 3.63) is 71.3 Å². The molecule has 2 aromatic rings. The molecular formula is C21H24N2O2S. The minimum atomic E-state index is 0.0476. The van der Waals surface area contributed by atoms with E-state index in [2.05, 4.69) is 31.2 Å². The van der Waals surface area contributed by atoms with Gasteiger partial charge in [-0.3, -0.25) is 9.59 Å². The minimum Gasteiger partial charge on any atom is -0.338 e. The number of carbonyl (C=O) groups is 2. The second-order valence-corrected chi connectivity index (χ2v) is 7.50. The molecule has 1 heterocycles. The number of amides is 2. The lowest BCUT2D eigenvalue weighted by Gasteiger charge is -2.34. The Morgan fingerprint density at radius 3 is 2.15 bits per heavy atom. The van der Waals surface area contributed by atoms with Crippen molar-refractivity contribution in [1.29, 1.82) is 0 Å². The molecule has 2 amide bonds. The summed E-state index contributed by atoms with van der Waals surface area (Å²) in [5.41, 5.74) is 3.20. The molecule has 26 heavy (non-hydrogen) atoms. The van der Waals surface area contributed by atoms with Gasteiger partial charge in [-0.1, -0.05) is 48.0 Å². The van der Waals surface area contributed by atoms with Crippen LogP contribution in [-0.4, -0.2) is 53.5 Å². The predicted octanol–water partition coefficient (Wildman–Crippen LogP) is 3.21. The third-order valence-electron chi connectivity index (χ3n) is 4.56. The molecule has 0 spiro atoms. The summed E-state index contributed by atoms with van der Waals surface area (Å²) in [7, 11) is 0. The van der Waals surface area contributed by atoms with Gasteiger partial charge in [0, 0.05) is 37.5 Å². The maximum absolute atomic E-state index is 12.4. The fraction of sp³-hybridized carbons (Fsp3) is 0.333. The van der Waals surface area contributed by atoms with Gasteiger partial charge >= 0.3 is 0 Å². The topological polar surface area (TPSA) is 40.6 Å². The maximum Gasteiger partial charge on any atom is 0.253 e. The van der Waals surface area contributed by atoms with Gasteiger partial charge in [0.25, 0.3) is 5.91 Å². The van der Waals surface area contributed by atoms with Gasteiger partial charge in [0.1, 0.15) is 0 Å². The molecule has 0 N–H and O–H groups in total. The third-order valence-corrected chi connectivity index (χ3v) is 5.54. The average molecular weight is 369 g/mol. The van der Waals surface area contributed by atoms with Gasteiger partial charge in [0.15, 0.2) is 0 Å². The van der Waals surface area contributed by atoms with Crippen molar-refractivity contribution < 1.29 is 9.59 Å². The summed E-state index contributed by atoms with van der Waals surface area (Å²) in [5.74, 6) is 1.54. The van der Waals surface area contributed by atoms with Crippen molar-refractivity contribution in [3.8, 4) is 0 Å². The van der Waals surface area contributed by atoms with Gasteiger partial charge < -0.3 is 9.80 Å². The average Bonchev–Trinajstić information content (AvgIpc) is 2.69. The molecule has 1 saturated heterocycles. The molecule has 0 aliphatic carbocycles. The number of thioether (sulfide) groups is 1. The first-order valence-corrected chi connectivity index (χ1v) is 10.0. The monoisotopic (exact) mass is 368 g/mol. The van der Waals surface area contributed by atoms with Crippen LogP contribution in [0.25, 0.3) is 0 Å². The number of benzene rings is 2. The van der Waals surface area contributed by atoms with Crippen LogP contribution in [0.1, 0.15) is 21.5 Å². The van der Waals surface area contributed by atoms with Crippen LogP contribution in [0, 0.1) is 6.92 Å². The van der Waals surface area contributed by atoms with Crippen LogP contribution in [0.5, 0.6) is 0 Å². The molecule has 0 unspecified atom stereocenters. The number of rotatable bonds is 5. The van der Waals surface area contributed by atoms with E-state index in [1.165, 1.54) is 11.1 Å². The molecule has 5 heteroatoms. The standard InChI is InChI=1S/C21H24N2O2S/c1-17-7-9-18(10-8-17)15-26-16-20(24)22-11-13-23(14-12-22)21(25)19-5-3-2-4-6-19/h2-10H,11-16H2,1H3. The molecule has 136 valence electrons. The lowest BCUT2D eigenvalue weighted by Crippen LogP contribution is -2.51. The van der Waals surface area contributed by atoms with Crippen molar-refractivity contribution in [2.75, 3.05) is 31.9 Å². The molecule has 0 atom stereocenters. The molecule has 1 aliphatic heterocycles. The summed E-state index contributed by atoms with van der Waals surface area (Å²) >= 11 is 1.65. The van der Waals surface area contributed by atoms with Crippen molar-refractivity contribution in [1.82, 2.24) is 9.80 Å². The Morgan fingerprint density at radius 1 is 0.885 bits per heavy atom. The van der Waals surface area contributed by atoms with E-state index < -0.39 is 0 Å². The highest BCUT2D eigenvalue weighted by Gasteiger charge is 2.24. The summed E-state index contributed by atoms with van der Waals surface area (Å²) in [5, 5.41) is 0. The smallest absolute Gasteiger partial charge is 0.253 e. The fourth-order valence-electron chi connectivity index (χ4n) is 2.95. The van der Waals surface area contributed by atoms with Crippen LogP contribution in [0.3, 0.4) is 0 Å². The Morgan fingerprint density at radius 2 is 1.50 bits per heavy atom.